The number of halogens is 1. The lowest BCUT2D eigenvalue weighted by molar-refractivity contribution is -0.123. The second-order valence-corrected chi connectivity index (χ2v) is 9.23. The van der Waals surface area contributed by atoms with E-state index in [9.17, 15) is 17.6 Å². The molecular weight excluding hydrogens is 413 g/mol. The van der Waals surface area contributed by atoms with Crippen LogP contribution in [0.2, 0.25) is 0 Å². The van der Waals surface area contributed by atoms with Crippen LogP contribution < -0.4 is 14.4 Å². The van der Waals surface area contributed by atoms with Crippen molar-refractivity contribution in [2.45, 2.75) is 25.0 Å². The largest absolute Gasteiger partial charge is 0.468 e. The van der Waals surface area contributed by atoms with Crippen LogP contribution in [0.4, 0.5) is 10.2 Å². The van der Waals surface area contributed by atoms with Crippen LogP contribution in [0.3, 0.4) is 0 Å². The van der Waals surface area contributed by atoms with E-state index in [0.29, 0.717) is 16.7 Å². The lowest BCUT2D eigenvalue weighted by Gasteiger charge is -2.21. The first-order chi connectivity index (χ1) is 14.2. The number of hydrogen-bond acceptors (Lipinski definition) is 6. The summed E-state index contributed by atoms with van der Waals surface area (Å²) in [6.45, 7) is 2.15. The van der Waals surface area contributed by atoms with Gasteiger partial charge in [0.1, 0.15) is 17.8 Å². The van der Waals surface area contributed by atoms with E-state index >= 15 is 0 Å². The van der Waals surface area contributed by atoms with Gasteiger partial charge in [0.2, 0.25) is 21.8 Å². The molecule has 8 nitrogen and oxygen atoms in total. The van der Waals surface area contributed by atoms with Gasteiger partial charge >= 0.3 is 0 Å². The minimum absolute atomic E-state index is 0.127. The van der Waals surface area contributed by atoms with Gasteiger partial charge in [0.05, 0.1) is 25.5 Å². The number of aromatic nitrogens is 1. The van der Waals surface area contributed by atoms with Gasteiger partial charge in [-0.25, -0.2) is 12.8 Å². The molecule has 3 atom stereocenters. The Labute approximate surface area is 174 Å². The van der Waals surface area contributed by atoms with Gasteiger partial charge in [-0.2, -0.15) is 4.98 Å². The number of pyridine rings is 1. The molecule has 1 aromatic heterocycles. The number of sulfonamides is 1. The van der Waals surface area contributed by atoms with Crippen LogP contribution in [-0.4, -0.2) is 45.8 Å². The molecule has 3 heterocycles. The van der Waals surface area contributed by atoms with E-state index < -0.39 is 34.0 Å². The highest BCUT2D eigenvalue weighted by Crippen LogP contribution is 2.48. The fourth-order valence-corrected chi connectivity index (χ4v) is 4.73. The summed E-state index contributed by atoms with van der Waals surface area (Å²) in [5.41, 5.74) is 1.71. The van der Waals surface area contributed by atoms with Gasteiger partial charge in [-0.05, 0) is 30.7 Å². The van der Waals surface area contributed by atoms with Crippen molar-refractivity contribution >= 4 is 21.7 Å². The summed E-state index contributed by atoms with van der Waals surface area (Å²) in [4.78, 5) is 17.2. The van der Waals surface area contributed by atoms with Crippen molar-refractivity contribution in [2.24, 2.45) is 0 Å². The Morgan fingerprint density at radius 3 is 2.60 bits per heavy atom. The molecule has 3 unspecified atom stereocenters. The van der Waals surface area contributed by atoms with Crippen LogP contribution in [0.15, 0.2) is 30.3 Å². The number of rotatable bonds is 3. The monoisotopic (exact) mass is 435 g/mol. The standard InChI is InChI=1S/C20H22FN3O5S/c1-11-14-10-15-16(19(25)22-2)17(12-4-6-13(21)7-5-12)29-20(15)23-18(14)24(8-9-28-11)30(3,26)27/h4-7,10-11,16-17H,8-9H2,1-3H3,(H,22,25). The van der Waals surface area contributed by atoms with E-state index in [1.54, 1.807) is 25.1 Å². The Hall–Kier alpha value is -2.72. The van der Waals surface area contributed by atoms with Crippen molar-refractivity contribution < 1.29 is 27.1 Å². The molecule has 160 valence electrons. The van der Waals surface area contributed by atoms with E-state index in [0.717, 1.165) is 6.26 Å². The first kappa shape index (κ1) is 20.5. The molecule has 2 aliphatic rings. The first-order valence-electron chi connectivity index (χ1n) is 9.48. The summed E-state index contributed by atoms with van der Waals surface area (Å²) >= 11 is 0. The third kappa shape index (κ3) is 3.50. The van der Waals surface area contributed by atoms with Gasteiger partial charge in [0.15, 0.2) is 5.82 Å². The Balaban J connectivity index is 1.87. The normalized spacial score (nSPS) is 23.2. The molecule has 0 saturated carbocycles. The van der Waals surface area contributed by atoms with Crippen LogP contribution in [-0.2, 0) is 19.6 Å². The molecule has 1 amide bonds. The molecule has 30 heavy (non-hydrogen) atoms. The molecule has 1 N–H and O–H groups in total. The third-order valence-corrected chi connectivity index (χ3v) is 6.52. The topological polar surface area (TPSA) is 97.8 Å². The zero-order valence-electron chi connectivity index (χ0n) is 16.8. The van der Waals surface area contributed by atoms with Gasteiger partial charge in [-0.3, -0.25) is 9.10 Å². The molecule has 2 aliphatic heterocycles. The zero-order valence-corrected chi connectivity index (χ0v) is 17.6. The highest BCUT2D eigenvalue weighted by molar-refractivity contribution is 7.92. The number of likely N-dealkylation sites (N-methyl/N-ethyl adjacent to an activating group) is 1. The lowest BCUT2D eigenvalue weighted by atomic mass is 9.90. The van der Waals surface area contributed by atoms with Crippen molar-refractivity contribution in [1.29, 1.82) is 0 Å². The van der Waals surface area contributed by atoms with Crippen LogP contribution >= 0.6 is 0 Å². The van der Waals surface area contributed by atoms with Crippen LogP contribution in [0.25, 0.3) is 0 Å². The number of anilines is 1. The Kier molecular flexibility index (Phi) is 5.15. The SMILES string of the molecule is CNC(=O)C1c2cc3c(nc2OC1c1ccc(F)cc1)N(S(C)(=O)=O)CCOC3C. The van der Waals surface area contributed by atoms with Crippen molar-refractivity contribution in [3.63, 3.8) is 0 Å². The van der Waals surface area contributed by atoms with Crippen molar-refractivity contribution in [3.8, 4) is 5.88 Å². The molecular formula is C20H22FN3O5S. The maximum Gasteiger partial charge on any atom is 0.233 e. The summed E-state index contributed by atoms with van der Waals surface area (Å²) in [6.07, 6.45) is -0.0289. The van der Waals surface area contributed by atoms with E-state index in [-0.39, 0.29) is 30.8 Å². The zero-order chi connectivity index (χ0) is 21.6. The van der Waals surface area contributed by atoms with Crippen molar-refractivity contribution in [2.75, 3.05) is 30.8 Å². The molecule has 0 fully saturated rings. The number of ether oxygens (including phenoxy) is 2. The fraction of sp³-hybridized carbons (Fsp3) is 0.400. The molecule has 0 radical (unpaired) electrons. The molecule has 1 aromatic carbocycles. The number of fused-ring (bicyclic) bond motifs is 2. The van der Waals surface area contributed by atoms with Crippen molar-refractivity contribution in [1.82, 2.24) is 10.3 Å². The van der Waals surface area contributed by atoms with Crippen LogP contribution in [0.1, 0.15) is 41.7 Å². The van der Waals surface area contributed by atoms with Gasteiger partial charge in [0.25, 0.3) is 0 Å². The van der Waals surface area contributed by atoms with Crippen molar-refractivity contribution in [3.05, 3.63) is 52.8 Å². The minimum atomic E-state index is -3.59. The maximum absolute atomic E-state index is 13.4. The van der Waals surface area contributed by atoms with Crippen LogP contribution in [0, 0.1) is 5.82 Å². The van der Waals surface area contributed by atoms with E-state index in [2.05, 4.69) is 10.3 Å². The second-order valence-electron chi connectivity index (χ2n) is 7.33. The van der Waals surface area contributed by atoms with E-state index in [4.69, 9.17) is 9.47 Å². The summed E-state index contributed by atoms with van der Waals surface area (Å²) < 4.78 is 51.0. The third-order valence-electron chi connectivity index (χ3n) is 5.36. The highest BCUT2D eigenvalue weighted by atomic mass is 32.2. The van der Waals surface area contributed by atoms with Crippen LogP contribution in [0.5, 0.6) is 5.88 Å². The Morgan fingerprint density at radius 1 is 1.27 bits per heavy atom. The fourth-order valence-electron chi connectivity index (χ4n) is 3.86. The second kappa shape index (κ2) is 7.51. The smallest absolute Gasteiger partial charge is 0.233 e. The molecule has 0 saturated heterocycles. The summed E-state index contributed by atoms with van der Waals surface area (Å²) in [7, 11) is -2.07. The van der Waals surface area contributed by atoms with Gasteiger partial charge < -0.3 is 14.8 Å². The van der Waals surface area contributed by atoms with Gasteiger partial charge in [0, 0.05) is 18.2 Å². The summed E-state index contributed by atoms with van der Waals surface area (Å²) in [6, 6.07) is 7.44. The maximum atomic E-state index is 13.4. The quantitative estimate of drug-likeness (QED) is 0.793. The van der Waals surface area contributed by atoms with E-state index in [1.165, 1.54) is 23.5 Å². The summed E-state index contributed by atoms with van der Waals surface area (Å²) in [5, 5.41) is 2.64. The van der Waals surface area contributed by atoms with Gasteiger partial charge in [-0.1, -0.05) is 12.1 Å². The summed E-state index contributed by atoms with van der Waals surface area (Å²) in [5.74, 6) is -0.996. The number of carbonyl (C=O) groups is 1. The van der Waals surface area contributed by atoms with Gasteiger partial charge in [-0.15, -0.1) is 0 Å². The predicted octanol–water partition coefficient (Wildman–Crippen LogP) is 2.04. The molecule has 2 aromatic rings. The molecule has 0 aliphatic carbocycles. The number of nitrogens with one attached hydrogen (secondary N) is 1. The molecule has 0 bridgehead atoms. The first-order valence-corrected chi connectivity index (χ1v) is 11.3. The minimum Gasteiger partial charge on any atom is -0.468 e. The highest BCUT2D eigenvalue weighted by Gasteiger charge is 2.43. The number of nitrogens with zero attached hydrogens (tertiary/aromatic N) is 2. The molecule has 10 heteroatoms. The average molecular weight is 435 g/mol. The lowest BCUT2D eigenvalue weighted by Crippen LogP contribution is -2.33. The molecule has 4 rings (SSSR count). The number of carbonyl (C=O) groups excluding carboxylic acids is 1. The number of benzene rings is 1. The molecule has 0 spiro atoms. The Bertz CT molecular complexity index is 1090. The predicted molar refractivity (Wildman–Crippen MR) is 107 cm³/mol. The average Bonchev–Trinajstić information content (AvgIpc) is 2.98. The Morgan fingerprint density at radius 2 is 1.97 bits per heavy atom. The number of amides is 1. The van der Waals surface area contributed by atoms with E-state index in [1.807, 2.05) is 0 Å². The number of hydrogen-bond donors (Lipinski definition) is 1.